The van der Waals surface area contributed by atoms with Gasteiger partial charge in [0.1, 0.15) is 0 Å². The van der Waals surface area contributed by atoms with Crippen molar-refractivity contribution in [3.63, 3.8) is 0 Å². The van der Waals surface area contributed by atoms with E-state index in [1.54, 1.807) is 53.4 Å². The topological polar surface area (TPSA) is 124 Å². The van der Waals surface area contributed by atoms with Gasteiger partial charge >= 0.3 is 0 Å². The Bertz CT molecular complexity index is 1630. The highest BCUT2D eigenvalue weighted by molar-refractivity contribution is 6.34. The summed E-state index contributed by atoms with van der Waals surface area (Å²) in [7, 11) is 0. The van der Waals surface area contributed by atoms with Gasteiger partial charge in [0, 0.05) is 37.0 Å². The third-order valence-corrected chi connectivity index (χ3v) is 6.51. The normalized spacial score (nSPS) is 12.6. The number of hydrogen-bond donors (Lipinski definition) is 3. The molecule has 1 aliphatic heterocycles. The molecule has 0 fully saturated rings. The largest absolute Gasteiger partial charge is 0.334 e. The van der Waals surface area contributed by atoms with E-state index in [9.17, 15) is 19.2 Å². The van der Waals surface area contributed by atoms with Gasteiger partial charge in [-0.1, -0.05) is 17.7 Å². The minimum Gasteiger partial charge on any atom is -0.334 e. The first kappa shape index (κ1) is 24.2. The van der Waals surface area contributed by atoms with E-state index in [1.165, 1.54) is 13.3 Å². The molecule has 0 atom stereocenters. The van der Waals surface area contributed by atoms with Crippen molar-refractivity contribution in [2.45, 2.75) is 19.9 Å². The molecule has 1 aromatic heterocycles. The number of aromatic nitrogens is 2. The number of benzene rings is 3. The van der Waals surface area contributed by atoms with E-state index in [-0.39, 0.29) is 23.3 Å². The summed E-state index contributed by atoms with van der Waals surface area (Å²) in [5.41, 5.74) is 3.85. The van der Waals surface area contributed by atoms with E-state index in [2.05, 4.69) is 20.6 Å². The summed E-state index contributed by atoms with van der Waals surface area (Å²) in [4.78, 5) is 58.0. The Hall–Kier alpha value is -4.50. The molecule has 0 saturated carbocycles. The van der Waals surface area contributed by atoms with Crippen LogP contribution in [0, 0.1) is 0 Å². The van der Waals surface area contributed by atoms with Crippen molar-refractivity contribution < 1.29 is 14.4 Å². The molecule has 0 saturated heterocycles. The van der Waals surface area contributed by atoms with E-state index in [1.807, 2.05) is 6.07 Å². The van der Waals surface area contributed by atoms with E-state index < -0.39 is 0 Å². The quantitative estimate of drug-likeness (QED) is 0.379. The lowest BCUT2D eigenvalue weighted by Gasteiger charge is -2.29. The molecule has 0 bridgehead atoms. The molecule has 2 heterocycles. The molecule has 0 spiro atoms. The third-order valence-electron chi connectivity index (χ3n) is 6.18. The van der Waals surface area contributed by atoms with Gasteiger partial charge in [0.15, 0.2) is 0 Å². The van der Waals surface area contributed by atoms with E-state index in [0.717, 1.165) is 11.1 Å². The molecule has 0 unspecified atom stereocenters. The number of carbonyl (C=O) groups is 3. The van der Waals surface area contributed by atoms with Gasteiger partial charge in [-0.3, -0.25) is 19.2 Å². The Kier molecular flexibility index (Phi) is 6.45. The summed E-state index contributed by atoms with van der Waals surface area (Å²) in [6, 6.07) is 15.1. The standard InChI is InChI=1S/C27H22ClN5O4/c1-15(34)31-19-4-6-23(28)21(11-19)27(37)33-9-8-16-2-3-17(10-18(16)13-33)25(35)32-20-5-7-24-22(12-20)26(36)30-14-29-24/h2-7,10-12,14H,8-9,13H2,1H3,(H,31,34)(H,32,35)(H,29,30,36). The van der Waals surface area contributed by atoms with Crippen molar-refractivity contribution >= 4 is 51.6 Å². The average Bonchev–Trinajstić information content (AvgIpc) is 2.89. The smallest absolute Gasteiger partial charge is 0.258 e. The summed E-state index contributed by atoms with van der Waals surface area (Å²) >= 11 is 6.30. The number of hydrogen-bond acceptors (Lipinski definition) is 5. The van der Waals surface area contributed by atoms with Crippen molar-refractivity contribution in [1.29, 1.82) is 0 Å². The number of halogens is 1. The fourth-order valence-electron chi connectivity index (χ4n) is 4.36. The zero-order valence-electron chi connectivity index (χ0n) is 19.8. The maximum absolute atomic E-state index is 13.3. The fraction of sp³-hybridized carbons (Fsp3) is 0.148. The van der Waals surface area contributed by atoms with Crippen LogP contribution in [0.5, 0.6) is 0 Å². The maximum Gasteiger partial charge on any atom is 0.258 e. The number of nitrogens with zero attached hydrogens (tertiary/aromatic N) is 2. The fourth-order valence-corrected chi connectivity index (χ4v) is 4.56. The first-order valence-electron chi connectivity index (χ1n) is 11.6. The summed E-state index contributed by atoms with van der Waals surface area (Å²) < 4.78 is 0. The first-order chi connectivity index (χ1) is 17.8. The summed E-state index contributed by atoms with van der Waals surface area (Å²) in [6.45, 7) is 2.20. The molecule has 0 radical (unpaired) electrons. The van der Waals surface area contributed by atoms with Crippen LogP contribution >= 0.6 is 11.6 Å². The number of amides is 3. The molecular formula is C27H22ClN5O4. The van der Waals surface area contributed by atoms with Crippen molar-refractivity contribution in [2.24, 2.45) is 0 Å². The van der Waals surface area contributed by atoms with Crippen LogP contribution < -0.4 is 16.2 Å². The molecule has 4 aromatic rings. The number of anilines is 2. The first-order valence-corrected chi connectivity index (χ1v) is 11.9. The molecule has 186 valence electrons. The minimum absolute atomic E-state index is 0.245. The van der Waals surface area contributed by atoms with Crippen LogP contribution in [0.4, 0.5) is 11.4 Å². The van der Waals surface area contributed by atoms with Crippen LogP contribution in [0.15, 0.2) is 65.7 Å². The summed E-state index contributed by atoms with van der Waals surface area (Å²) in [5.74, 6) is -0.838. The van der Waals surface area contributed by atoms with Crippen molar-refractivity contribution in [3.05, 3.63) is 98.6 Å². The van der Waals surface area contributed by atoms with Gasteiger partial charge < -0.3 is 20.5 Å². The molecule has 9 nitrogen and oxygen atoms in total. The molecule has 3 N–H and O–H groups in total. The van der Waals surface area contributed by atoms with Crippen molar-refractivity contribution in [3.8, 4) is 0 Å². The van der Waals surface area contributed by atoms with Crippen molar-refractivity contribution in [1.82, 2.24) is 14.9 Å². The number of fused-ring (bicyclic) bond motifs is 2. The van der Waals surface area contributed by atoms with Gasteiger partial charge in [-0.15, -0.1) is 0 Å². The lowest BCUT2D eigenvalue weighted by molar-refractivity contribution is -0.114. The molecule has 37 heavy (non-hydrogen) atoms. The van der Waals surface area contributed by atoms with Crippen LogP contribution in [0.25, 0.3) is 10.9 Å². The maximum atomic E-state index is 13.3. The van der Waals surface area contributed by atoms with Crippen LogP contribution in [-0.2, 0) is 17.8 Å². The Labute approximate surface area is 216 Å². The summed E-state index contributed by atoms with van der Waals surface area (Å²) in [5, 5.41) is 6.15. The Balaban J connectivity index is 1.35. The van der Waals surface area contributed by atoms with Crippen molar-refractivity contribution in [2.75, 3.05) is 17.2 Å². The highest BCUT2D eigenvalue weighted by Gasteiger charge is 2.24. The molecular weight excluding hydrogens is 494 g/mol. The number of H-pyrrole nitrogens is 1. The summed E-state index contributed by atoms with van der Waals surface area (Å²) in [6.07, 6.45) is 1.96. The zero-order valence-corrected chi connectivity index (χ0v) is 20.6. The predicted molar refractivity (Wildman–Crippen MR) is 141 cm³/mol. The van der Waals surface area contributed by atoms with E-state index in [0.29, 0.717) is 57.9 Å². The van der Waals surface area contributed by atoms with E-state index in [4.69, 9.17) is 11.6 Å². The van der Waals surface area contributed by atoms with Crippen LogP contribution in [0.1, 0.15) is 38.8 Å². The van der Waals surface area contributed by atoms with E-state index >= 15 is 0 Å². The second-order valence-electron chi connectivity index (χ2n) is 8.75. The lowest BCUT2D eigenvalue weighted by Crippen LogP contribution is -2.36. The zero-order chi connectivity index (χ0) is 26.1. The number of carbonyl (C=O) groups excluding carboxylic acids is 3. The minimum atomic E-state index is -0.336. The van der Waals surface area contributed by atoms with Gasteiger partial charge in [-0.2, -0.15) is 0 Å². The molecule has 5 rings (SSSR count). The average molecular weight is 516 g/mol. The Morgan fingerprint density at radius 2 is 1.76 bits per heavy atom. The lowest BCUT2D eigenvalue weighted by atomic mass is 9.96. The number of aromatic amines is 1. The highest BCUT2D eigenvalue weighted by Crippen LogP contribution is 2.27. The number of rotatable bonds is 4. The number of nitrogens with one attached hydrogen (secondary N) is 3. The van der Waals surface area contributed by atoms with Gasteiger partial charge in [0.25, 0.3) is 17.4 Å². The Morgan fingerprint density at radius 3 is 2.57 bits per heavy atom. The molecule has 0 aliphatic carbocycles. The molecule has 1 aliphatic rings. The van der Waals surface area contributed by atoms with Crippen LogP contribution in [-0.4, -0.2) is 39.1 Å². The molecule has 3 amide bonds. The SMILES string of the molecule is CC(=O)Nc1ccc(Cl)c(C(=O)N2CCc3ccc(C(=O)Nc4ccc5nc[nH]c(=O)c5c4)cc3C2)c1. The van der Waals surface area contributed by atoms with Crippen LogP contribution in [0.3, 0.4) is 0 Å². The van der Waals surface area contributed by atoms with Gasteiger partial charge in [-0.25, -0.2) is 4.98 Å². The van der Waals surface area contributed by atoms with Gasteiger partial charge in [-0.05, 0) is 66.1 Å². The van der Waals surface area contributed by atoms with Gasteiger partial charge in [0.05, 0.1) is 27.8 Å². The molecule has 3 aromatic carbocycles. The second kappa shape index (κ2) is 9.87. The highest BCUT2D eigenvalue weighted by atomic mass is 35.5. The monoisotopic (exact) mass is 515 g/mol. The predicted octanol–water partition coefficient (Wildman–Crippen LogP) is 3.99. The van der Waals surface area contributed by atoms with Gasteiger partial charge in [0.2, 0.25) is 5.91 Å². The van der Waals surface area contributed by atoms with Crippen LogP contribution in [0.2, 0.25) is 5.02 Å². The third kappa shape index (κ3) is 5.07. The second-order valence-corrected chi connectivity index (χ2v) is 9.16. The molecule has 10 heteroatoms. The Morgan fingerprint density at radius 1 is 0.973 bits per heavy atom.